The highest BCUT2D eigenvalue weighted by atomic mass is 32.2. The Balaban J connectivity index is 1.31. The van der Waals surface area contributed by atoms with Crippen molar-refractivity contribution in [3.05, 3.63) is 76.4 Å². The number of ether oxygens (including phenoxy) is 2. The fraction of sp³-hybridized carbons (Fsp3) is 0.441. The number of carbonyl (C=O) groups is 1. The zero-order valence-electron chi connectivity index (χ0n) is 23.4. The van der Waals surface area contributed by atoms with Gasteiger partial charge in [-0.2, -0.15) is 0 Å². The summed E-state index contributed by atoms with van der Waals surface area (Å²) in [7, 11) is -3.29. The largest absolute Gasteiger partial charge is 0.454 e. The standard InChI is InChI=1S/C34H34O6S/c1-33-19-28(23-6-12-30-31(18-23)40-20-39-30)32-26-11-7-24(35)17-22(26)5-10-27(32)29(33)14-16-34(33,36)15-13-21-3-8-25(9-4-21)41(2,37)38/h3-4,6,8-9,12,17-18,27-29,36H,5,7,10-11,14,16,19-20H2,1-2H3/t27-,28+,29?,33-,34-/m0/s1. The van der Waals surface area contributed by atoms with Crippen molar-refractivity contribution in [3.63, 3.8) is 0 Å². The molecule has 0 spiro atoms. The van der Waals surface area contributed by atoms with Crippen molar-refractivity contribution in [2.45, 2.75) is 68.3 Å². The van der Waals surface area contributed by atoms with Crippen LogP contribution in [0.1, 0.15) is 68.9 Å². The van der Waals surface area contributed by atoms with Crippen LogP contribution in [0.3, 0.4) is 0 Å². The molecule has 0 amide bonds. The SMILES string of the molecule is C[C@]12C[C@H](c3ccc4c(c3)OCO4)C3=C4CCC(=O)C=C4CC[C@H]3C1CC[C@@]2(O)C#Cc1ccc(S(C)(=O)=O)cc1. The third-order valence-electron chi connectivity index (χ3n) is 10.4. The Hall–Kier alpha value is -3.34. The molecule has 7 rings (SSSR count). The summed E-state index contributed by atoms with van der Waals surface area (Å²) in [6.45, 7) is 2.43. The highest BCUT2D eigenvalue weighted by Gasteiger charge is 2.62. The quantitative estimate of drug-likeness (QED) is 0.480. The highest BCUT2D eigenvalue weighted by molar-refractivity contribution is 7.90. The van der Waals surface area contributed by atoms with Gasteiger partial charge in [-0.05, 0) is 110 Å². The fourth-order valence-corrected chi connectivity index (χ4v) is 8.89. The van der Waals surface area contributed by atoms with Gasteiger partial charge in [-0.15, -0.1) is 0 Å². The summed E-state index contributed by atoms with van der Waals surface area (Å²) in [5, 5.41) is 12.3. The number of allylic oxidation sites excluding steroid dienone is 4. The van der Waals surface area contributed by atoms with Gasteiger partial charge in [0.05, 0.1) is 4.90 Å². The number of benzene rings is 2. The minimum absolute atomic E-state index is 0.0723. The summed E-state index contributed by atoms with van der Waals surface area (Å²) in [6.07, 6.45) is 8.49. The van der Waals surface area contributed by atoms with Gasteiger partial charge in [0, 0.05) is 29.6 Å². The van der Waals surface area contributed by atoms with Gasteiger partial charge in [-0.3, -0.25) is 4.79 Å². The second-order valence-electron chi connectivity index (χ2n) is 12.6. The first-order valence-electron chi connectivity index (χ1n) is 14.5. The van der Waals surface area contributed by atoms with Crippen LogP contribution in [0, 0.1) is 29.1 Å². The van der Waals surface area contributed by atoms with Crippen molar-refractivity contribution >= 4 is 15.6 Å². The molecular weight excluding hydrogens is 536 g/mol. The van der Waals surface area contributed by atoms with E-state index < -0.39 is 20.9 Å². The van der Waals surface area contributed by atoms with Gasteiger partial charge in [0.15, 0.2) is 27.1 Å². The number of ketones is 1. The molecule has 0 bridgehead atoms. The first kappa shape index (κ1) is 26.6. The molecule has 2 fully saturated rings. The summed E-state index contributed by atoms with van der Waals surface area (Å²) in [6, 6.07) is 12.8. The molecule has 0 radical (unpaired) electrons. The zero-order chi connectivity index (χ0) is 28.6. The summed E-state index contributed by atoms with van der Waals surface area (Å²) in [5.41, 5.74) is 4.21. The zero-order valence-corrected chi connectivity index (χ0v) is 24.2. The maximum atomic E-state index is 12.3. The lowest BCUT2D eigenvalue weighted by Gasteiger charge is -2.53. The van der Waals surface area contributed by atoms with Crippen LogP contribution in [-0.2, 0) is 14.6 Å². The Kier molecular flexibility index (Phi) is 6.05. The average Bonchev–Trinajstić information content (AvgIpc) is 3.52. The van der Waals surface area contributed by atoms with Crippen molar-refractivity contribution in [3.8, 4) is 23.3 Å². The van der Waals surface area contributed by atoms with Crippen LogP contribution in [0.15, 0.2) is 70.2 Å². The molecule has 1 unspecified atom stereocenters. The first-order valence-corrected chi connectivity index (χ1v) is 16.4. The van der Waals surface area contributed by atoms with E-state index in [1.165, 1.54) is 23.0 Å². The van der Waals surface area contributed by atoms with E-state index in [0.717, 1.165) is 49.2 Å². The number of rotatable bonds is 2. The van der Waals surface area contributed by atoms with Gasteiger partial charge >= 0.3 is 0 Å². The van der Waals surface area contributed by atoms with Crippen LogP contribution >= 0.6 is 0 Å². The van der Waals surface area contributed by atoms with Gasteiger partial charge in [0.25, 0.3) is 0 Å². The van der Waals surface area contributed by atoms with E-state index >= 15 is 0 Å². The minimum Gasteiger partial charge on any atom is -0.454 e. The third-order valence-corrected chi connectivity index (χ3v) is 11.5. The van der Waals surface area contributed by atoms with Gasteiger partial charge in [-0.1, -0.05) is 30.4 Å². The van der Waals surface area contributed by atoms with Crippen molar-refractivity contribution in [1.82, 2.24) is 0 Å². The molecule has 0 saturated heterocycles. The molecule has 1 aliphatic heterocycles. The van der Waals surface area contributed by atoms with E-state index in [1.807, 2.05) is 12.1 Å². The predicted octanol–water partition coefficient (Wildman–Crippen LogP) is 5.50. The number of carbonyl (C=O) groups excluding carboxylic acids is 1. The van der Waals surface area contributed by atoms with E-state index in [4.69, 9.17) is 9.47 Å². The molecule has 1 N–H and O–H groups in total. The monoisotopic (exact) mass is 570 g/mol. The molecule has 6 nitrogen and oxygen atoms in total. The van der Waals surface area contributed by atoms with E-state index in [-0.39, 0.29) is 29.3 Å². The number of sulfone groups is 1. The number of aliphatic hydroxyl groups is 1. The van der Waals surface area contributed by atoms with E-state index in [2.05, 4.69) is 30.9 Å². The Morgan fingerprint density at radius 3 is 2.56 bits per heavy atom. The molecule has 2 saturated carbocycles. The topological polar surface area (TPSA) is 89.9 Å². The molecule has 5 aliphatic rings. The highest BCUT2D eigenvalue weighted by Crippen LogP contribution is 2.66. The lowest BCUT2D eigenvalue weighted by atomic mass is 9.51. The Bertz CT molecular complexity index is 1690. The second-order valence-corrected chi connectivity index (χ2v) is 14.6. The summed E-state index contributed by atoms with van der Waals surface area (Å²) in [5.74, 6) is 8.86. The smallest absolute Gasteiger partial charge is 0.231 e. The van der Waals surface area contributed by atoms with Crippen molar-refractivity contribution in [2.75, 3.05) is 13.0 Å². The van der Waals surface area contributed by atoms with Crippen LogP contribution in [0.5, 0.6) is 11.5 Å². The Morgan fingerprint density at radius 1 is 1.00 bits per heavy atom. The number of fused-ring (bicyclic) bond motifs is 5. The maximum absolute atomic E-state index is 12.3. The molecule has 2 aromatic carbocycles. The van der Waals surface area contributed by atoms with Crippen molar-refractivity contribution in [2.24, 2.45) is 17.3 Å². The van der Waals surface area contributed by atoms with Crippen LogP contribution in [0.2, 0.25) is 0 Å². The minimum atomic E-state index is -3.29. The summed E-state index contributed by atoms with van der Waals surface area (Å²) < 4.78 is 35.1. The van der Waals surface area contributed by atoms with Crippen LogP contribution in [0.25, 0.3) is 0 Å². The van der Waals surface area contributed by atoms with Gasteiger partial charge in [0.1, 0.15) is 5.60 Å². The number of hydrogen-bond acceptors (Lipinski definition) is 6. The third kappa shape index (κ3) is 4.26. The molecular formula is C34H34O6S. The molecule has 0 aromatic heterocycles. The lowest BCUT2D eigenvalue weighted by molar-refractivity contribution is -0.114. The van der Waals surface area contributed by atoms with Gasteiger partial charge < -0.3 is 14.6 Å². The maximum Gasteiger partial charge on any atom is 0.231 e. The summed E-state index contributed by atoms with van der Waals surface area (Å²) >= 11 is 0. The normalized spacial score (nSPS) is 31.9. The van der Waals surface area contributed by atoms with Gasteiger partial charge in [0.2, 0.25) is 6.79 Å². The van der Waals surface area contributed by atoms with E-state index in [9.17, 15) is 18.3 Å². The van der Waals surface area contributed by atoms with E-state index in [1.54, 1.807) is 24.3 Å². The molecule has 2 aromatic rings. The first-order chi connectivity index (χ1) is 19.6. The van der Waals surface area contributed by atoms with Crippen LogP contribution in [-0.4, -0.2) is 38.0 Å². The Labute approximate surface area is 241 Å². The molecule has 41 heavy (non-hydrogen) atoms. The van der Waals surface area contributed by atoms with Crippen LogP contribution < -0.4 is 9.47 Å². The van der Waals surface area contributed by atoms with E-state index in [0.29, 0.717) is 24.3 Å². The lowest BCUT2D eigenvalue weighted by Crippen LogP contribution is -2.51. The molecule has 4 aliphatic carbocycles. The Morgan fingerprint density at radius 2 is 1.78 bits per heavy atom. The molecule has 1 heterocycles. The summed E-state index contributed by atoms with van der Waals surface area (Å²) in [4.78, 5) is 12.6. The van der Waals surface area contributed by atoms with Gasteiger partial charge in [-0.25, -0.2) is 8.42 Å². The van der Waals surface area contributed by atoms with Crippen LogP contribution in [0.4, 0.5) is 0 Å². The molecule has 7 heteroatoms. The van der Waals surface area contributed by atoms with Crippen molar-refractivity contribution < 1.29 is 27.8 Å². The average molecular weight is 571 g/mol. The van der Waals surface area contributed by atoms with Crippen molar-refractivity contribution in [1.29, 1.82) is 0 Å². The second kappa shape index (κ2) is 9.34. The molecule has 212 valence electrons. The fourth-order valence-electron chi connectivity index (χ4n) is 8.26. The molecule has 5 atom stereocenters. The predicted molar refractivity (Wildman–Crippen MR) is 154 cm³/mol. The number of hydrogen-bond donors (Lipinski definition) is 1.